The third kappa shape index (κ3) is 3.04. The predicted octanol–water partition coefficient (Wildman–Crippen LogP) is 2.28. The summed E-state index contributed by atoms with van der Waals surface area (Å²) < 4.78 is 5.31. The summed E-state index contributed by atoms with van der Waals surface area (Å²) in [6.45, 7) is 2.52. The number of carbonyl (C=O) groups excluding carboxylic acids is 1. The van der Waals surface area contributed by atoms with E-state index in [4.69, 9.17) is 9.52 Å². The van der Waals surface area contributed by atoms with E-state index in [-0.39, 0.29) is 18.1 Å². The van der Waals surface area contributed by atoms with Gasteiger partial charge in [0.05, 0.1) is 6.54 Å². The Morgan fingerprint density at radius 1 is 1.38 bits per heavy atom. The van der Waals surface area contributed by atoms with Crippen molar-refractivity contribution in [3.63, 3.8) is 0 Å². The van der Waals surface area contributed by atoms with Gasteiger partial charge in [-0.15, -0.1) is 0 Å². The maximum Gasteiger partial charge on any atom is 0.339 e. The van der Waals surface area contributed by atoms with Crippen LogP contribution in [0.4, 0.5) is 4.79 Å². The van der Waals surface area contributed by atoms with Crippen molar-refractivity contribution < 1.29 is 19.1 Å². The van der Waals surface area contributed by atoms with Crippen LogP contribution in [0, 0.1) is 18.3 Å². The number of hydrogen-bond acceptors (Lipinski definition) is 3. The predicted molar refractivity (Wildman–Crippen MR) is 75.0 cm³/mol. The second-order valence-electron chi connectivity index (χ2n) is 6.16. The van der Waals surface area contributed by atoms with Gasteiger partial charge in [0.2, 0.25) is 0 Å². The van der Waals surface area contributed by atoms with Crippen LogP contribution in [0.25, 0.3) is 0 Å². The van der Waals surface area contributed by atoms with E-state index in [9.17, 15) is 9.59 Å². The van der Waals surface area contributed by atoms with E-state index in [1.165, 1.54) is 31.7 Å². The highest BCUT2D eigenvalue weighted by atomic mass is 16.4. The molecular weight excluding hydrogens is 272 g/mol. The van der Waals surface area contributed by atoms with Crippen molar-refractivity contribution in [3.8, 4) is 0 Å². The molecule has 2 saturated carbocycles. The first-order chi connectivity index (χ1) is 10.00. The zero-order valence-corrected chi connectivity index (χ0v) is 12.1. The standard InChI is InChI=1S/C15H20N2O4/c1-9-12(13(18)19)6-11(21-9)7-16-14(20)17-8-15(4-5-15)10-2-3-10/h6,10H,2-5,7-8H2,1H3,(H,18,19)(H2,16,17,20). The first kappa shape index (κ1) is 14.0. The molecule has 3 rings (SSSR count). The molecule has 0 aliphatic heterocycles. The number of carboxylic acid groups (broad SMARTS) is 1. The third-order valence-electron chi connectivity index (χ3n) is 4.56. The minimum absolute atomic E-state index is 0.137. The van der Waals surface area contributed by atoms with Crippen molar-refractivity contribution in [2.45, 2.75) is 39.2 Å². The van der Waals surface area contributed by atoms with Gasteiger partial charge in [-0.25, -0.2) is 9.59 Å². The van der Waals surface area contributed by atoms with Crippen LogP contribution in [0.2, 0.25) is 0 Å². The highest BCUT2D eigenvalue weighted by Gasteiger charge is 2.53. The summed E-state index contributed by atoms with van der Waals surface area (Å²) in [5.74, 6) is 0.587. The molecule has 6 heteroatoms. The number of amides is 2. The Morgan fingerprint density at radius 3 is 2.62 bits per heavy atom. The van der Waals surface area contributed by atoms with E-state index < -0.39 is 5.97 Å². The van der Waals surface area contributed by atoms with Crippen LogP contribution in [0.3, 0.4) is 0 Å². The van der Waals surface area contributed by atoms with Gasteiger partial charge in [0.25, 0.3) is 0 Å². The van der Waals surface area contributed by atoms with Crippen molar-refractivity contribution in [1.29, 1.82) is 0 Å². The van der Waals surface area contributed by atoms with Crippen LogP contribution in [0.15, 0.2) is 10.5 Å². The van der Waals surface area contributed by atoms with Crippen molar-refractivity contribution in [1.82, 2.24) is 10.6 Å². The molecule has 0 bridgehead atoms. The molecule has 1 heterocycles. The lowest BCUT2D eigenvalue weighted by molar-refractivity contribution is 0.0695. The molecule has 3 N–H and O–H groups in total. The second-order valence-corrected chi connectivity index (χ2v) is 6.16. The molecule has 1 aromatic heterocycles. The smallest absolute Gasteiger partial charge is 0.339 e. The van der Waals surface area contributed by atoms with Crippen molar-refractivity contribution in [2.75, 3.05) is 6.54 Å². The lowest BCUT2D eigenvalue weighted by Gasteiger charge is -2.15. The average Bonchev–Trinajstić information content (AvgIpc) is 3.32. The van der Waals surface area contributed by atoms with Gasteiger partial charge in [0, 0.05) is 6.54 Å². The second kappa shape index (κ2) is 5.09. The van der Waals surface area contributed by atoms with E-state index >= 15 is 0 Å². The number of nitrogens with one attached hydrogen (secondary N) is 2. The number of hydrogen-bond donors (Lipinski definition) is 3. The Morgan fingerprint density at radius 2 is 2.10 bits per heavy atom. The maximum atomic E-state index is 11.8. The molecule has 6 nitrogen and oxygen atoms in total. The number of carbonyl (C=O) groups is 2. The molecule has 0 unspecified atom stereocenters. The molecule has 0 spiro atoms. The lowest BCUT2D eigenvalue weighted by Crippen LogP contribution is -2.38. The normalized spacial score (nSPS) is 19.1. The van der Waals surface area contributed by atoms with Crippen LogP contribution in [-0.4, -0.2) is 23.7 Å². The molecular formula is C15H20N2O4. The minimum atomic E-state index is -1.02. The molecule has 2 aliphatic rings. The number of urea groups is 1. The van der Waals surface area contributed by atoms with Crippen molar-refractivity contribution in [2.24, 2.45) is 11.3 Å². The summed E-state index contributed by atoms with van der Waals surface area (Å²) in [5.41, 5.74) is 0.507. The number of furan rings is 1. The molecule has 0 atom stereocenters. The van der Waals surface area contributed by atoms with Crippen LogP contribution in [-0.2, 0) is 6.54 Å². The first-order valence-corrected chi connectivity index (χ1v) is 7.34. The highest BCUT2D eigenvalue weighted by molar-refractivity contribution is 5.88. The van der Waals surface area contributed by atoms with Gasteiger partial charge in [-0.1, -0.05) is 0 Å². The van der Waals surface area contributed by atoms with Gasteiger partial charge in [0.15, 0.2) is 0 Å². The molecule has 2 aliphatic carbocycles. The van der Waals surface area contributed by atoms with Crippen molar-refractivity contribution >= 4 is 12.0 Å². The fourth-order valence-electron chi connectivity index (χ4n) is 2.91. The van der Waals surface area contributed by atoms with Crippen LogP contribution < -0.4 is 10.6 Å². The van der Waals surface area contributed by atoms with E-state index in [2.05, 4.69) is 10.6 Å². The van der Waals surface area contributed by atoms with E-state index in [1.54, 1.807) is 6.92 Å². The van der Waals surface area contributed by atoms with E-state index in [0.717, 1.165) is 12.5 Å². The Balaban J connectivity index is 1.45. The average molecular weight is 292 g/mol. The number of aromatic carboxylic acids is 1. The Hall–Kier alpha value is -1.98. The van der Waals surface area contributed by atoms with Crippen LogP contribution in [0.5, 0.6) is 0 Å². The summed E-state index contributed by atoms with van der Waals surface area (Å²) in [4.78, 5) is 22.7. The first-order valence-electron chi connectivity index (χ1n) is 7.34. The van der Waals surface area contributed by atoms with E-state index in [1.807, 2.05) is 0 Å². The summed E-state index contributed by atoms with van der Waals surface area (Å²) in [6.07, 6.45) is 5.04. The third-order valence-corrected chi connectivity index (χ3v) is 4.56. The molecule has 1 aromatic rings. The summed E-state index contributed by atoms with van der Waals surface area (Å²) in [6, 6.07) is 1.22. The van der Waals surface area contributed by atoms with E-state index in [0.29, 0.717) is 16.9 Å². The minimum Gasteiger partial charge on any atom is -0.478 e. The van der Waals surface area contributed by atoms with Gasteiger partial charge in [0.1, 0.15) is 17.1 Å². The fraction of sp³-hybridized carbons (Fsp3) is 0.600. The van der Waals surface area contributed by atoms with Gasteiger partial charge in [-0.05, 0) is 50.0 Å². The summed E-state index contributed by atoms with van der Waals surface area (Å²) in [7, 11) is 0. The molecule has 2 amide bonds. The van der Waals surface area contributed by atoms with Crippen molar-refractivity contribution in [3.05, 3.63) is 23.2 Å². The van der Waals surface area contributed by atoms with Gasteiger partial charge >= 0.3 is 12.0 Å². The molecule has 21 heavy (non-hydrogen) atoms. The topological polar surface area (TPSA) is 91.6 Å². The molecule has 2 fully saturated rings. The number of carboxylic acids is 1. The highest BCUT2D eigenvalue weighted by Crippen LogP contribution is 2.60. The zero-order chi connectivity index (χ0) is 15.0. The molecule has 0 aromatic carbocycles. The summed E-state index contributed by atoms with van der Waals surface area (Å²) in [5, 5.41) is 14.5. The maximum absolute atomic E-state index is 11.8. The fourth-order valence-corrected chi connectivity index (χ4v) is 2.91. The molecule has 0 saturated heterocycles. The molecule has 0 radical (unpaired) electrons. The Labute approximate surface area is 122 Å². The zero-order valence-electron chi connectivity index (χ0n) is 12.1. The molecule has 114 valence electrons. The van der Waals surface area contributed by atoms with Gasteiger partial charge < -0.3 is 20.2 Å². The van der Waals surface area contributed by atoms with Gasteiger partial charge in [-0.2, -0.15) is 0 Å². The SMILES string of the molecule is Cc1oc(CNC(=O)NCC2(C3CC3)CC2)cc1C(=O)O. The monoisotopic (exact) mass is 292 g/mol. The summed E-state index contributed by atoms with van der Waals surface area (Å²) >= 11 is 0. The van der Waals surface area contributed by atoms with Gasteiger partial charge in [-0.3, -0.25) is 0 Å². The quantitative estimate of drug-likeness (QED) is 0.750. The van der Waals surface area contributed by atoms with Crippen LogP contribution >= 0.6 is 0 Å². The lowest BCUT2D eigenvalue weighted by atomic mass is 10.0. The largest absolute Gasteiger partial charge is 0.478 e. The number of aryl methyl sites for hydroxylation is 1. The Bertz CT molecular complexity index is 570. The van der Waals surface area contributed by atoms with Crippen LogP contribution in [0.1, 0.15) is 47.6 Å². The Kier molecular flexibility index (Phi) is 3.39. The number of rotatable bonds is 6.